The van der Waals surface area contributed by atoms with Crippen LogP contribution in [0.25, 0.3) is 0 Å². The van der Waals surface area contributed by atoms with E-state index in [2.05, 4.69) is 4.98 Å². The van der Waals surface area contributed by atoms with Crippen molar-refractivity contribution in [3.05, 3.63) is 57.8 Å². The van der Waals surface area contributed by atoms with Crippen LogP contribution < -0.4 is 5.46 Å². The van der Waals surface area contributed by atoms with Crippen LogP contribution in [-0.4, -0.2) is 30.5 Å². The van der Waals surface area contributed by atoms with Crippen LogP contribution in [-0.2, 0) is 26.9 Å². The summed E-state index contributed by atoms with van der Waals surface area (Å²) in [6.07, 6.45) is 0.910. The fourth-order valence-electron chi connectivity index (χ4n) is 2.31. The first kappa shape index (κ1) is 15.6. The highest BCUT2D eigenvalue weighted by atomic mass is 32.2. The van der Waals surface area contributed by atoms with E-state index in [1.807, 2.05) is 0 Å². The van der Waals surface area contributed by atoms with Gasteiger partial charge in [0, 0.05) is 6.07 Å². The molecule has 2 heterocycles. The number of hydrogen-bond acceptors (Lipinski definition) is 7. The second-order valence-electron chi connectivity index (χ2n) is 5.07. The molecule has 1 aliphatic rings. The van der Waals surface area contributed by atoms with E-state index < -0.39 is 21.9 Å². The molecular weight excluding hydrogens is 323 g/mol. The van der Waals surface area contributed by atoms with Crippen LogP contribution in [0.3, 0.4) is 0 Å². The fraction of sp³-hybridized carbons (Fsp3) is 0.154. The third-order valence-electron chi connectivity index (χ3n) is 3.48. The van der Waals surface area contributed by atoms with E-state index in [1.54, 1.807) is 18.2 Å². The number of fused-ring (bicyclic) bond motifs is 1. The normalized spacial score (nSPS) is 13.9. The lowest BCUT2D eigenvalue weighted by atomic mass is 9.79. The van der Waals surface area contributed by atoms with Crippen molar-refractivity contribution in [2.24, 2.45) is 0 Å². The topological polar surface area (TPSA) is 120 Å². The van der Waals surface area contributed by atoms with E-state index in [1.165, 1.54) is 0 Å². The third-order valence-corrected chi connectivity index (χ3v) is 5.07. The van der Waals surface area contributed by atoms with Crippen molar-refractivity contribution in [1.29, 1.82) is 0 Å². The van der Waals surface area contributed by atoms with E-state index in [0.717, 1.165) is 23.9 Å². The zero-order chi connectivity index (χ0) is 16.6. The third kappa shape index (κ3) is 3.09. The first-order valence-electron chi connectivity index (χ1n) is 6.61. The minimum absolute atomic E-state index is 0.236. The van der Waals surface area contributed by atoms with Gasteiger partial charge in [-0.1, -0.05) is 18.2 Å². The molecule has 0 amide bonds. The molecule has 0 radical (unpaired) electrons. The van der Waals surface area contributed by atoms with Gasteiger partial charge in [0.25, 0.3) is 5.69 Å². The molecule has 0 saturated carbocycles. The molecule has 8 nitrogen and oxygen atoms in total. The maximum absolute atomic E-state index is 12.3. The lowest BCUT2D eigenvalue weighted by molar-refractivity contribution is -0.385. The molecule has 1 N–H and O–H groups in total. The van der Waals surface area contributed by atoms with Crippen molar-refractivity contribution >= 4 is 28.1 Å². The molecule has 10 heteroatoms. The number of pyridine rings is 1. The summed E-state index contributed by atoms with van der Waals surface area (Å²) in [6.45, 7) is 0.285. The largest absolute Gasteiger partial charge is 0.491 e. The zero-order valence-corrected chi connectivity index (χ0v) is 12.6. The SMILES string of the molecule is O=[N+]([O-])c1ccc(S(=O)(=O)Cc2ccc3c(c2)B(O)OC3)nc1. The Kier molecular flexibility index (Phi) is 3.88. The Labute approximate surface area is 132 Å². The monoisotopic (exact) mass is 334 g/mol. The fourth-order valence-corrected chi connectivity index (χ4v) is 3.57. The Bertz CT molecular complexity index is 869. The van der Waals surface area contributed by atoms with E-state index >= 15 is 0 Å². The zero-order valence-electron chi connectivity index (χ0n) is 11.7. The maximum Gasteiger partial charge on any atom is 0.491 e. The molecule has 1 aliphatic heterocycles. The molecule has 0 unspecified atom stereocenters. The Morgan fingerprint density at radius 1 is 1.35 bits per heavy atom. The molecule has 0 saturated heterocycles. The Balaban J connectivity index is 1.86. The summed E-state index contributed by atoms with van der Waals surface area (Å²) in [5.41, 5.74) is 1.57. The molecule has 23 heavy (non-hydrogen) atoms. The van der Waals surface area contributed by atoms with Gasteiger partial charge in [-0.05, 0) is 22.7 Å². The van der Waals surface area contributed by atoms with Crippen LogP contribution in [0.4, 0.5) is 5.69 Å². The average Bonchev–Trinajstić information content (AvgIpc) is 2.88. The Morgan fingerprint density at radius 2 is 2.13 bits per heavy atom. The van der Waals surface area contributed by atoms with Crippen LogP contribution in [0, 0.1) is 10.1 Å². The van der Waals surface area contributed by atoms with Crippen molar-refractivity contribution in [2.45, 2.75) is 17.4 Å². The predicted molar refractivity (Wildman–Crippen MR) is 80.6 cm³/mol. The van der Waals surface area contributed by atoms with Crippen LogP contribution in [0.2, 0.25) is 0 Å². The number of nitrogens with zero attached hydrogens (tertiary/aromatic N) is 2. The van der Waals surface area contributed by atoms with E-state index in [4.69, 9.17) is 4.65 Å². The molecule has 0 fully saturated rings. The average molecular weight is 334 g/mol. The van der Waals surface area contributed by atoms with Gasteiger partial charge in [0.05, 0.1) is 17.3 Å². The van der Waals surface area contributed by atoms with Gasteiger partial charge in [-0.15, -0.1) is 0 Å². The number of rotatable bonds is 4. The molecule has 0 aliphatic carbocycles. The minimum atomic E-state index is -3.75. The summed E-state index contributed by atoms with van der Waals surface area (Å²) in [5.74, 6) is -0.322. The van der Waals surface area contributed by atoms with Gasteiger partial charge in [-0.3, -0.25) is 10.1 Å². The van der Waals surface area contributed by atoms with Gasteiger partial charge < -0.3 is 9.68 Å². The highest BCUT2D eigenvalue weighted by Gasteiger charge is 2.28. The maximum atomic E-state index is 12.3. The number of aromatic nitrogens is 1. The Morgan fingerprint density at radius 3 is 2.78 bits per heavy atom. The molecule has 1 aromatic carbocycles. The second-order valence-corrected chi connectivity index (χ2v) is 7.00. The van der Waals surface area contributed by atoms with Crippen molar-refractivity contribution in [3.63, 3.8) is 0 Å². The quantitative estimate of drug-likeness (QED) is 0.481. The molecule has 118 valence electrons. The van der Waals surface area contributed by atoms with Crippen LogP contribution in [0.15, 0.2) is 41.6 Å². The summed E-state index contributed by atoms with van der Waals surface area (Å²) < 4.78 is 29.7. The van der Waals surface area contributed by atoms with Crippen molar-refractivity contribution in [3.8, 4) is 0 Å². The number of nitro groups is 1. The molecular formula is C13H11BN2O6S. The molecule has 1 aromatic heterocycles. The van der Waals surface area contributed by atoms with Gasteiger partial charge >= 0.3 is 7.12 Å². The molecule has 0 atom stereocenters. The van der Waals surface area contributed by atoms with E-state index in [9.17, 15) is 23.6 Å². The van der Waals surface area contributed by atoms with Crippen molar-refractivity contribution in [1.82, 2.24) is 4.98 Å². The van der Waals surface area contributed by atoms with Crippen molar-refractivity contribution < 1.29 is 23.0 Å². The first-order valence-corrected chi connectivity index (χ1v) is 8.26. The first-order chi connectivity index (χ1) is 10.9. The summed E-state index contributed by atoms with van der Waals surface area (Å²) >= 11 is 0. The number of benzene rings is 1. The molecule has 2 aromatic rings. The van der Waals surface area contributed by atoms with Gasteiger partial charge in [0.2, 0.25) is 0 Å². The summed E-state index contributed by atoms with van der Waals surface area (Å²) in [7, 11) is -4.80. The predicted octanol–water partition coefficient (Wildman–Crippen LogP) is 0.181. The lowest BCUT2D eigenvalue weighted by Gasteiger charge is -2.06. The minimum Gasteiger partial charge on any atom is -0.423 e. The number of sulfone groups is 1. The van der Waals surface area contributed by atoms with Gasteiger partial charge in [-0.2, -0.15) is 0 Å². The van der Waals surface area contributed by atoms with Crippen molar-refractivity contribution in [2.75, 3.05) is 0 Å². The van der Waals surface area contributed by atoms with Gasteiger partial charge in [-0.25, -0.2) is 13.4 Å². The summed E-state index contributed by atoms with van der Waals surface area (Å²) in [5, 5.41) is 20.0. The lowest BCUT2D eigenvalue weighted by Crippen LogP contribution is -2.28. The van der Waals surface area contributed by atoms with Crippen LogP contribution in [0.5, 0.6) is 0 Å². The number of hydrogen-bond donors (Lipinski definition) is 1. The van der Waals surface area contributed by atoms with E-state index in [0.29, 0.717) is 11.0 Å². The second kappa shape index (κ2) is 5.72. The molecule has 0 spiro atoms. The van der Waals surface area contributed by atoms with Crippen LogP contribution >= 0.6 is 0 Å². The molecule has 0 bridgehead atoms. The summed E-state index contributed by atoms with van der Waals surface area (Å²) in [4.78, 5) is 13.6. The van der Waals surface area contributed by atoms with Crippen LogP contribution in [0.1, 0.15) is 11.1 Å². The van der Waals surface area contributed by atoms with Gasteiger partial charge in [0.15, 0.2) is 14.9 Å². The smallest absolute Gasteiger partial charge is 0.423 e. The summed E-state index contributed by atoms with van der Waals surface area (Å²) in [6, 6.07) is 7.14. The van der Waals surface area contributed by atoms with E-state index in [-0.39, 0.29) is 23.1 Å². The Hall–Kier alpha value is -2.30. The molecule has 3 rings (SSSR count). The highest BCUT2D eigenvalue weighted by Crippen LogP contribution is 2.18. The standard InChI is InChI=1S/C13H11BN2O6S/c17-14-12-5-9(1-2-10(12)7-22-14)8-23(20,21)13-4-3-11(6-15-13)16(18)19/h1-6,17H,7-8H2. The van der Waals surface area contributed by atoms with Gasteiger partial charge in [0.1, 0.15) is 6.20 Å². The highest BCUT2D eigenvalue weighted by molar-refractivity contribution is 7.90.